The van der Waals surface area contributed by atoms with E-state index in [0.717, 1.165) is 31.4 Å². The van der Waals surface area contributed by atoms with Crippen LogP contribution in [0.2, 0.25) is 0 Å². The van der Waals surface area contributed by atoms with E-state index < -0.39 is 16.1 Å². The third kappa shape index (κ3) is 5.67. The molecule has 1 aromatic rings. The van der Waals surface area contributed by atoms with Crippen molar-refractivity contribution >= 4 is 21.7 Å². The fraction of sp³-hybridized carbons (Fsp3) is 0.562. The maximum Gasteiger partial charge on any atom is 0.319 e. The molecule has 8 nitrogen and oxygen atoms in total. The van der Waals surface area contributed by atoms with Gasteiger partial charge in [0, 0.05) is 24.8 Å². The van der Waals surface area contributed by atoms with Crippen LogP contribution >= 0.6 is 0 Å². The average molecular weight is 370 g/mol. The molecule has 9 heteroatoms. The molecule has 1 aliphatic rings. The Hall–Kier alpha value is -1.68. The third-order valence-electron chi connectivity index (χ3n) is 4.43. The molecule has 1 fully saturated rings. The number of benzene rings is 1. The number of nitrogens with one attached hydrogen (secondary N) is 2. The molecule has 1 aromatic carbocycles. The van der Waals surface area contributed by atoms with E-state index in [1.54, 1.807) is 13.0 Å². The Bertz CT molecular complexity index is 708. The lowest BCUT2D eigenvalue weighted by atomic mass is 10.0. The predicted octanol–water partition coefficient (Wildman–Crippen LogP) is 0.611. The molecule has 0 bridgehead atoms. The second-order valence-corrected chi connectivity index (χ2v) is 7.83. The molecule has 1 aliphatic heterocycles. The number of rotatable bonds is 6. The van der Waals surface area contributed by atoms with Crippen LogP contribution in [0.25, 0.3) is 0 Å². The molecular weight excluding hydrogens is 344 g/mol. The standard InChI is InChI=1S/C16H26N4O4S/c1-12-5-6-14(25(17,23)24)10-15(12)19-16(22)18-7-9-20-8-3-2-4-13(20)11-21/h5-6,10,13,21H,2-4,7-9,11H2,1H3,(H2,17,23,24)(H2,18,19,22). The van der Waals surface area contributed by atoms with E-state index in [9.17, 15) is 18.3 Å². The molecule has 2 rings (SSSR count). The topological polar surface area (TPSA) is 125 Å². The lowest BCUT2D eigenvalue weighted by Gasteiger charge is -2.34. The second-order valence-electron chi connectivity index (χ2n) is 6.27. The highest BCUT2D eigenvalue weighted by Crippen LogP contribution is 2.19. The SMILES string of the molecule is Cc1ccc(S(N)(=O)=O)cc1NC(=O)NCCN1CCCCC1CO. The summed E-state index contributed by atoms with van der Waals surface area (Å²) in [5.41, 5.74) is 1.13. The number of carbonyl (C=O) groups excluding carboxylic acids is 1. The summed E-state index contributed by atoms with van der Waals surface area (Å²) in [6.07, 6.45) is 3.19. The molecule has 1 unspecified atom stereocenters. The molecule has 0 spiro atoms. The summed E-state index contributed by atoms with van der Waals surface area (Å²) in [5, 5.41) is 19.9. The number of hydrogen-bond donors (Lipinski definition) is 4. The fourth-order valence-corrected chi connectivity index (χ4v) is 3.49. The third-order valence-corrected chi connectivity index (χ3v) is 5.34. The van der Waals surface area contributed by atoms with E-state index in [2.05, 4.69) is 15.5 Å². The highest BCUT2D eigenvalue weighted by molar-refractivity contribution is 7.89. The number of sulfonamides is 1. The van der Waals surface area contributed by atoms with E-state index in [0.29, 0.717) is 18.8 Å². The summed E-state index contributed by atoms with van der Waals surface area (Å²) in [5.74, 6) is 0. The maximum absolute atomic E-state index is 12.0. The number of hydrogen-bond acceptors (Lipinski definition) is 5. The summed E-state index contributed by atoms with van der Waals surface area (Å²) in [4.78, 5) is 14.2. The van der Waals surface area contributed by atoms with Gasteiger partial charge < -0.3 is 15.7 Å². The summed E-state index contributed by atoms with van der Waals surface area (Å²) >= 11 is 0. The Labute approximate surface area is 148 Å². The number of aryl methyl sites for hydroxylation is 1. The molecule has 0 radical (unpaired) electrons. The van der Waals surface area contributed by atoms with Crippen molar-refractivity contribution in [2.45, 2.75) is 37.1 Å². The normalized spacial score (nSPS) is 18.8. The molecule has 1 saturated heterocycles. The minimum absolute atomic E-state index is 0.0486. The number of nitrogens with two attached hydrogens (primary N) is 1. The Balaban J connectivity index is 1.88. The Kier molecular flexibility index (Phi) is 6.77. The van der Waals surface area contributed by atoms with Crippen molar-refractivity contribution in [1.29, 1.82) is 0 Å². The molecule has 1 atom stereocenters. The van der Waals surface area contributed by atoms with Crippen LogP contribution in [0.15, 0.2) is 23.1 Å². The van der Waals surface area contributed by atoms with E-state index in [1.165, 1.54) is 12.1 Å². The number of anilines is 1. The number of carbonyl (C=O) groups is 1. The van der Waals surface area contributed by atoms with Crippen LogP contribution in [0.3, 0.4) is 0 Å². The Morgan fingerprint density at radius 2 is 2.16 bits per heavy atom. The van der Waals surface area contributed by atoms with Gasteiger partial charge in [-0.25, -0.2) is 18.4 Å². The minimum atomic E-state index is -3.82. The number of likely N-dealkylation sites (tertiary alicyclic amines) is 1. The number of aliphatic hydroxyl groups is 1. The molecule has 5 N–H and O–H groups in total. The quantitative estimate of drug-likeness (QED) is 0.584. The minimum Gasteiger partial charge on any atom is -0.395 e. The van der Waals surface area contributed by atoms with Gasteiger partial charge in [0.1, 0.15) is 0 Å². The maximum atomic E-state index is 12.0. The van der Waals surface area contributed by atoms with Gasteiger partial charge in [-0.3, -0.25) is 4.90 Å². The van der Waals surface area contributed by atoms with Gasteiger partial charge in [0.2, 0.25) is 10.0 Å². The van der Waals surface area contributed by atoms with Crippen LogP contribution in [0.1, 0.15) is 24.8 Å². The molecule has 25 heavy (non-hydrogen) atoms. The van der Waals surface area contributed by atoms with Crippen LogP contribution < -0.4 is 15.8 Å². The molecule has 0 aliphatic carbocycles. The van der Waals surface area contributed by atoms with Gasteiger partial charge >= 0.3 is 6.03 Å². The van der Waals surface area contributed by atoms with Crippen molar-refractivity contribution in [2.75, 3.05) is 31.6 Å². The molecular formula is C16H26N4O4S. The predicted molar refractivity (Wildman–Crippen MR) is 95.9 cm³/mol. The lowest BCUT2D eigenvalue weighted by molar-refractivity contribution is 0.0917. The monoisotopic (exact) mass is 370 g/mol. The summed E-state index contributed by atoms with van der Waals surface area (Å²) in [6.45, 7) is 3.92. The van der Waals surface area contributed by atoms with Gasteiger partial charge in [0.15, 0.2) is 0 Å². The van der Waals surface area contributed by atoms with Crippen molar-refractivity contribution in [2.24, 2.45) is 5.14 Å². The van der Waals surface area contributed by atoms with Crippen molar-refractivity contribution in [3.8, 4) is 0 Å². The van der Waals surface area contributed by atoms with E-state index in [4.69, 9.17) is 5.14 Å². The summed E-state index contributed by atoms with van der Waals surface area (Å²) < 4.78 is 22.8. The largest absolute Gasteiger partial charge is 0.395 e. The van der Waals surface area contributed by atoms with E-state index in [-0.39, 0.29) is 17.5 Å². The second kappa shape index (κ2) is 8.61. The zero-order chi connectivity index (χ0) is 18.4. The molecule has 0 aromatic heterocycles. The highest BCUT2D eigenvalue weighted by Gasteiger charge is 2.21. The first-order valence-electron chi connectivity index (χ1n) is 8.34. The average Bonchev–Trinajstić information content (AvgIpc) is 2.56. The fourth-order valence-electron chi connectivity index (χ4n) is 2.95. The zero-order valence-corrected chi connectivity index (χ0v) is 15.2. The smallest absolute Gasteiger partial charge is 0.319 e. The van der Waals surface area contributed by atoms with Crippen LogP contribution in [-0.4, -0.2) is 56.7 Å². The van der Waals surface area contributed by atoms with Gasteiger partial charge in [0.25, 0.3) is 0 Å². The van der Waals surface area contributed by atoms with Crippen LogP contribution in [-0.2, 0) is 10.0 Å². The lowest BCUT2D eigenvalue weighted by Crippen LogP contribution is -2.46. The van der Waals surface area contributed by atoms with Crippen LogP contribution in [0.4, 0.5) is 10.5 Å². The van der Waals surface area contributed by atoms with Gasteiger partial charge in [-0.2, -0.15) is 0 Å². The zero-order valence-electron chi connectivity index (χ0n) is 14.4. The number of amides is 2. The van der Waals surface area contributed by atoms with Crippen molar-refractivity contribution in [3.05, 3.63) is 23.8 Å². The molecule has 140 valence electrons. The number of primary sulfonamides is 1. The van der Waals surface area contributed by atoms with Gasteiger partial charge in [0.05, 0.1) is 11.5 Å². The van der Waals surface area contributed by atoms with E-state index in [1.807, 2.05) is 0 Å². The molecule has 1 heterocycles. The summed E-state index contributed by atoms with van der Waals surface area (Å²) in [6, 6.07) is 4.09. The first kappa shape index (κ1) is 19.6. The number of urea groups is 1. The van der Waals surface area contributed by atoms with Gasteiger partial charge in [-0.1, -0.05) is 12.5 Å². The number of piperidine rings is 1. The molecule has 2 amide bonds. The van der Waals surface area contributed by atoms with Crippen LogP contribution in [0.5, 0.6) is 0 Å². The van der Waals surface area contributed by atoms with Crippen molar-refractivity contribution < 1.29 is 18.3 Å². The number of nitrogens with zero attached hydrogens (tertiary/aromatic N) is 1. The van der Waals surface area contributed by atoms with E-state index >= 15 is 0 Å². The first-order valence-corrected chi connectivity index (χ1v) is 9.89. The van der Waals surface area contributed by atoms with Gasteiger partial charge in [-0.05, 0) is 44.0 Å². The first-order chi connectivity index (χ1) is 11.8. The highest BCUT2D eigenvalue weighted by atomic mass is 32.2. The number of aliphatic hydroxyl groups excluding tert-OH is 1. The Morgan fingerprint density at radius 3 is 2.84 bits per heavy atom. The van der Waals surface area contributed by atoms with Crippen LogP contribution in [0, 0.1) is 6.92 Å². The van der Waals surface area contributed by atoms with Gasteiger partial charge in [-0.15, -0.1) is 0 Å². The van der Waals surface area contributed by atoms with Crippen molar-refractivity contribution in [1.82, 2.24) is 10.2 Å². The summed E-state index contributed by atoms with van der Waals surface area (Å²) in [7, 11) is -3.82. The van der Waals surface area contributed by atoms with Crippen molar-refractivity contribution in [3.63, 3.8) is 0 Å². The Morgan fingerprint density at radius 1 is 1.40 bits per heavy atom. The molecule has 0 saturated carbocycles.